The lowest BCUT2D eigenvalue weighted by molar-refractivity contribution is 0.413. The number of hydrogen-bond acceptors (Lipinski definition) is 3. The maximum absolute atomic E-state index is 5.35. The number of methoxy groups -OCH3 is 1. The van der Waals surface area contributed by atoms with E-state index in [0.29, 0.717) is 0 Å². The molecule has 21 heavy (non-hydrogen) atoms. The van der Waals surface area contributed by atoms with Gasteiger partial charge >= 0.3 is 0 Å². The highest BCUT2D eigenvalue weighted by molar-refractivity contribution is 9.10. The van der Waals surface area contributed by atoms with Gasteiger partial charge in [0.1, 0.15) is 5.75 Å². The molecule has 1 heterocycles. The molecule has 0 saturated heterocycles. The molecule has 2 aromatic rings. The normalized spacial score (nSPS) is 12.4. The Kier molecular flexibility index (Phi) is 5.84. The zero-order chi connectivity index (χ0) is 15.4. The molecule has 1 aromatic heterocycles. The SMILES string of the molecule is CCCn1ncc(Br)c1C(NC)c1cc(OC)ccc1Br. The van der Waals surface area contributed by atoms with E-state index in [9.17, 15) is 0 Å². The Balaban J connectivity index is 2.51. The van der Waals surface area contributed by atoms with Crippen molar-refractivity contribution in [3.63, 3.8) is 0 Å². The number of benzene rings is 1. The highest BCUT2D eigenvalue weighted by Crippen LogP contribution is 2.34. The van der Waals surface area contributed by atoms with Crippen LogP contribution in [0.2, 0.25) is 0 Å². The minimum atomic E-state index is 0.0258. The van der Waals surface area contributed by atoms with Gasteiger partial charge in [0.15, 0.2) is 0 Å². The van der Waals surface area contributed by atoms with E-state index in [1.165, 1.54) is 0 Å². The van der Waals surface area contributed by atoms with Crippen molar-refractivity contribution in [2.75, 3.05) is 14.2 Å². The molecule has 1 N–H and O–H groups in total. The zero-order valence-electron chi connectivity index (χ0n) is 12.4. The fourth-order valence-corrected chi connectivity index (χ4v) is 3.36. The van der Waals surface area contributed by atoms with Gasteiger partial charge in [0.2, 0.25) is 0 Å². The van der Waals surface area contributed by atoms with E-state index in [1.54, 1.807) is 7.11 Å². The Morgan fingerprint density at radius 1 is 1.33 bits per heavy atom. The van der Waals surface area contributed by atoms with E-state index in [1.807, 2.05) is 36.1 Å². The van der Waals surface area contributed by atoms with Crippen LogP contribution < -0.4 is 10.1 Å². The molecule has 0 aliphatic carbocycles. The van der Waals surface area contributed by atoms with Crippen LogP contribution >= 0.6 is 31.9 Å². The van der Waals surface area contributed by atoms with Crippen LogP contribution in [0.25, 0.3) is 0 Å². The number of halogens is 2. The van der Waals surface area contributed by atoms with Crippen molar-refractivity contribution in [3.05, 3.63) is 44.6 Å². The molecule has 1 atom stereocenters. The Hall–Kier alpha value is -0.850. The highest BCUT2D eigenvalue weighted by Gasteiger charge is 2.22. The fourth-order valence-electron chi connectivity index (χ4n) is 2.36. The average Bonchev–Trinajstić information content (AvgIpc) is 2.84. The van der Waals surface area contributed by atoms with Crippen LogP contribution in [0.5, 0.6) is 5.75 Å². The molecule has 0 fully saturated rings. The molecule has 0 aliphatic rings. The summed E-state index contributed by atoms with van der Waals surface area (Å²) in [7, 11) is 3.63. The standard InChI is InChI=1S/C15H19Br2N3O/c1-4-7-20-15(13(17)9-19-20)14(18-2)11-8-10(21-3)5-6-12(11)16/h5-6,8-9,14,18H,4,7H2,1-3H3. The maximum atomic E-state index is 5.35. The Bertz CT molecular complexity index is 613. The fraction of sp³-hybridized carbons (Fsp3) is 0.400. The lowest BCUT2D eigenvalue weighted by atomic mass is 10.0. The lowest BCUT2D eigenvalue weighted by Gasteiger charge is -2.21. The van der Waals surface area contributed by atoms with Crippen molar-refractivity contribution in [1.82, 2.24) is 15.1 Å². The number of hydrogen-bond donors (Lipinski definition) is 1. The van der Waals surface area contributed by atoms with Crippen molar-refractivity contribution in [2.45, 2.75) is 25.9 Å². The predicted octanol–water partition coefficient (Wildman–Crippen LogP) is 4.14. The van der Waals surface area contributed by atoms with E-state index in [4.69, 9.17) is 4.74 Å². The summed E-state index contributed by atoms with van der Waals surface area (Å²) in [5, 5.41) is 7.83. The van der Waals surface area contributed by atoms with Crippen LogP contribution in [0.15, 0.2) is 33.3 Å². The number of aryl methyl sites for hydroxylation is 1. The smallest absolute Gasteiger partial charge is 0.119 e. The third kappa shape index (κ3) is 3.49. The van der Waals surface area contributed by atoms with Crippen molar-refractivity contribution in [3.8, 4) is 5.75 Å². The van der Waals surface area contributed by atoms with Gasteiger partial charge in [-0.3, -0.25) is 4.68 Å². The third-order valence-corrected chi connectivity index (χ3v) is 4.68. The molecule has 0 saturated carbocycles. The Morgan fingerprint density at radius 2 is 2.10 bits per heavy atom. The second kappa shape index (κ2) is 7.42. The summed E-state index contributed by atoms with van der Waals surface area (Å²) in [5.41, 5.74) is 2.24. The Morgan fingerprint density at radius 3 is 2.71 bits per heavy atom. The van der Waals surface area contributed by atoms with Crippen LogP contribution in [0.4, 0.5) is 0 Å². The summed E-state index contributed by atoms with van der Waals surface area (Å²) in [6.45, 7) is 3.04. The van der Waals surface area contributed by atoms with Crippen molar-refractivity contribution in [2.24, 2.45) is 0 Å². The molecule has 2 rings (SSSR count). The second-order valence-corrected chi connectivity index (χ2v) is 6.42. The number of nitrogens with zero attached hydrogens (tertiary/aromatic N) is 2. The lowest BCUT2D eigenvalue weighted by Crippen LogP contribution is -2.22. The van der Waals surface area contributed by atoms with Gasteiger partial charge in [0, 0.05) is 11.0 Å². The summed E-state index contributed by atoms with van der Waals surface area (Å²) < 4.78 is 9.43. The molecule has 0 spiro atoms. The largest absolute Gasteiger partial charge is 0.497 e. The summed E-state index contributed by atoms with van der Waals surface area (Å²) >= 11 is 7.25. The number of nitrogens with one attached hydrogen (secondary N) is 1. The van der Waals surface area contributed by atoms with Crippen molar-refractivity contribution >= 4 is 31.9 Å². The van der Waals surface area contributed by atoms with Crippen LogP contribution in [0.1, 0.15) is 30.6 Å². The van der Waals surface area contributed by atoms with E-state index in [0.717, 1.165) is 38.9 Å². The van der Waals surface area contributed by atoms with Crippen LogP contribution in [0, 0.1) is 0 Å². The molecule has 0 radical (unpaired) electrons. The minimum absolute atomic E-state index is 0.0258. The first-order valence-corrected chi connectivity index (χ1v) is 8.42. The molecule has 114 valence electrons. The average molecular weight is 417 g/mol. The van der Waals surface area contributed by atoms with Gasteiger partial charge in [0.25, 0.3) is 0 Å². The molecular weight excluding hydrogens is 398 g/mol. The second-order valence-electron chi connectivity index (χ2n) is 4.71. The highest BCUT2D eigenvalue weighted by atomic mass is 79.9. The van der Waals surface area contributed by atoms with Gasteiger partial charge in [-0.25, -0.2) is 0 Å². The molecule has 6 heteroatoms. The number of ether oxygens (including phenoxy) is 1. The van der Waals surface area contributed by atoms with Gasteiger partial charge in [-0.15, -0.1) is 0 Å². The van der Waals surface area contributed by atoms with Gasteiger partial charge < -0.3 is 10.1 Å². The number of rotatable bonds is 6. The molecule has 0 bridgehead atoms. The first-order valence-electron chi connectivity index (χ1n) is 6.84. The van der Waals surface area contributed by atoms with Gasteiger partial charge in [-0.05, 0) is 53.2 Å². The first-order chi connectivity index (χ1) is 10.1. The third-order valence-electron chi connectivity index (χ3n) is 3.34. The quantitative estimate of drug-likeness (QED) is 0.769. The van der Waals surface area contributed by atoms with Gasteiger partial charge in [-0.2, -0.15) is 5.10 Å². The topological polar surface area (TPSA) is 39.1 Å². The van der Waals surface area contributed by atoms with Crippen molar-refractivity contribution in [1.29, 1.82) is 0 Å². The summed E-state index contributed by atoms with van der Waals surface area (Å²) in [6, 6.07) is 6.02. The summed E-state index contributed by atoms with van der Waals surface area (Å²) in [4.78, 5) is 0. The maximum Gasteiger partial charge on any atom is 0.119 e. The minimum Gasteiger partial charge on any atom is -0.497 e. The molecule has 4 nitrogen and oxygen atoms in total. The van der Waals surface area contributed by atoms with E-state index in [2.05, 4.69) is 49.2 Å². The van der Waals surface area contributed by atoms with Crippen molar-refractivity contribution < 1.29 is 4.74 Å². The van der Waals surface area contributed by atoms with Gasteiger partial charge in [-0.1, -0.05) is 22.9 Å². The van der Waals surface area contributed by atoms with E-state index < -0.39 is 0 Å². The molecule has 1 aromatic carbocycles. The molecular formula is C15H19Br2N3O. The summed E-state index contributed by atoms with van der Waals surface area (Å²) in [5.74, 6) is 0.839. The first kappa shape index (κ1) is 16.5. The molecule has 0 aliphatic heterocycles. The number of aromatic nitrogens is 2. The van der Waals surface area contributed by atoms with Crippen LogP contribution in [0.3, 0.4) is 0 Å². The summed E-state index contributed by atoms with van der Waals surface area (Å²) in [6.07, 6.45) is 2.89. The van der Waals surface area contributed by atoms with E-state index in [-0.39, 0.29) is 6.04 Å². The van der Waals surface area contributed by atoms with Crippen LogP contribution in [-0.4, -0.2) is 23.9 Å². The monoisotopic (exact) mass is 415 g/mol. The zero-order valence-corrected chi connectivity index (χ0v) is 15.5. The molecule has 1 unspecified atom stereocenters. The van der Waals surface area contributed by atoms with Crippen LogP contribution in [-0.2, 0) is 6.54 Å². The molecule has 0 amide bonds. The Labute approximate surface area is 142 Å². The predicted molar refractivity (Wildman–Crippen MR) is 91.8 cm³/mol. The van der Waals surface area contributed by atoms with Gasteiger partial charge in [0.05, 0.1) is 29.5 Å². The van der Waals surface area contributed by atoms with E-state index >= 15 is 0 Å².